The number of urea groups is 1. The van der Waals surface area contributed by atoms with Crippen molar-refractivity contribution in [3.63, 3.8) is 0 Å². The highest BCUT2D eigenvalue weighted by molar-refractivity contribution is 5.86. The van der Waals surface area contributed by atoms with Gasteiger partial charge in [0.05, 0.1) is 7.11 Å². The predicted molar refractivity (Wildman–Crippen MR) is 74.7 cm³/mol. The Morgan fingerprint density at radius 2 is 1.81 bits per heavy atom. The van der Waals surface area contributed by atoms with Gasteiger partial charge >= 0.3 is 18.0 Å². The molecule has 1 aromatic carbocycles. The van der Waals surface area contributed by atoms with E-state index < -0.39 is 30.1 Å². The molecule has 0 aromatic heterocycles. The number of carboxylic acid groups (broad SMARTS) is 1. The van der Waals surface area contributed by atoms with Crippen LogP contribution in [0.25, 0.3) is 0 Å². The van der Waals surface area contributed by atoms with Gasteiger partial charge in [0.2, 0.25) is 0 Å². The summed E-state index contributed by atoms with van der Waals surface area (Å²) in [4.78, 5) is 34.0. The molecule has 0 fully saturated rings. The summed E-state index contributed by atoms with van der Waals surface area (Å²) in [7, 11) is 1.22. The van der Waals surface area contributed by atoms with Gasteiger partial charge in [0.15, 0.2) is 0 Å². The first-order valence-corrected chi connectivity index (χ1v) is 6.35. The quantitative estimate of drug-likeness (QED) is 0.664. The van der Waals surface area contributed by atoms with Gasteiger partial charge in [-0.15, -0.1) is 0 Å². The number of benzene rings is 1. The molecule has 2 atom stereocenters. The Morgan fingerprint density at radius 3 is 2.33 bits per heavy atom. The molecule has 1 aromatic rings. The van der Waals surface area contributed by atoms with Gasteiger partial charge in [0, 0.05) is 6.42 Å². The molecule has 1 rings (SSSR count). The fraction of sp³-hybridized carbons (Fsp3) is 0.357. The van der Waals surface area contributed by atoms with E-state index in [1.54, 1.807) is 0 Å². The molecule has 0 spiro atoms. The lowest BCUT2D eigenvalue weighted by molar-refractivity contribution is -0.142. The van der Waals surface area contributed by atoms with Gasteiger partial charge in [-0.3, -0.25) is 4.79 Å². The predicted octanol–water partition coefficient (Wildman–Crippen LogP) is 0.543. The lowest BCUT2D eigenvalue weighted by Crippen LogP contribution is -2.51. The maximum absolute atomic E-state index is 11.7. The second-order valence-electron chi connectivity index (χ2n) is 4.44. The zero-order valence-electron chi connectivity index (χ0n) is 11.8. The van der Waals surface area contributed by atoms with E-state index in [0.29, 0.717) is 0 Å². The molecular formula is C14H18N2O5. The summed E-state index contributed by atoms with van der Waals surface area (Å²) in [6.07, 6.45) is 0.252. The van der Waals surface area contributed by atoms with Gasteiger partial charge in [0.1, 0.15) is 12.1 Å². The normalized spacial score (nSPS) is 12.9. The second kappa shape index (κ2) is 7.88. The summed E-state index contributed by atoms with van der Waals surface area (Å²) in [5.74, 6) is -1.76. The molecule has 1 unspecified atom stereocenters. The maximum Gasteiger partial charge on any atom is 0.328 e. The van der Waals surface area contributed by atoms with E-state index in [1.165, 1.54) is 14.0 Å². The van der Waals surface area contributed by atoms with E-state index in [9.17, 15) is 14.4 Å². The van der Waals surface area contributed by atoms with Crippen molar-refractivity contribution in [3.05, 3.63) is 35.9 Å². The Balaban J connectivity index is 2.68. The fourth-order valence-corrected chi connectivity index (χ4v) is 1.64. The van der Waals surface area contributed by atoms with Gasteiger partial charge in [-0.05, 0) is 12.5 Å². The van der Waals surface area contributed by atoms with Crippen molar-refractivity contribution in [3.8, 4) is 0 Å². The molecule has 0 aliphatic heterocycles. The molecule has 7 heteroatoms. The average Bonchev–Trinajstić information content (AvgIpc) is 2.46. The Hall–Kier alpha value is -2.57. The maximum atomic E-state index is 11.7. The van der Waals surface area contributed by atoms with Crippen molar-refractivity contribution in [1.82, 2.24) is 10.6 Å². The molecule has 0 aliphatic rings. The molecule has 7 nitrogen and oxygen atoms in total. The number of ether oxygens (including phenoxy) is 1. The standard InChI is InChI=1S/C14H18N2O5/c1-9(12(17)18)15-14(20)16-11(13(19)21-2)8-10-6-4-3-5-7-10/h3-7,9,11H,8H2,1-2H3,(H,17,18)(H2,15,16,20)/t9-,11?/m0/s1. The van der Waals surface area contributed by atoms with Crippen molar-refractivity contribution in [1.29, 1.82) is 0 Å². The van der Waals surface area contributed by atoms with Gasteiger partial charge in [-0.2, -0.15) is 0 Å². The zero-order chi connectivity index (χ0) is 15.8. The van der Waals surface area contributed by atoms with Crippen LogP contribution >= 0.6 is 0 Å². The number of nitrogens with one attached hydrogen (secondary N) is 2. The minimum Gasteiger partial charge on any atom is -0.480 e. The van der Waals surface area contributed by atoms with Gasteiger partial charge in [-0.25, -0.2) is 9.59 Å². The number of carbonyl (C=O) groups excluding carboxylic acids is 2. The molecule has 0 aliphatic carbocycles. The van der Waals surface area contributed by atoms with Crippen LogP contribution in [0.1, 0.15) is 12.5 Å². The minimum atomic E-state index is -1.16. The number of hydrogen-bond acceptors (Lipinski definition) is 4. The van der Waals surface area contributed by atoms with Gasteiger partial charge < -0.3 is 20.5 Å². The summed E-state index contributed by atoms with van der Waals surface area (Å²) in [6.45, 7) is 1.33. The summed E-state index contributed by atoms with van der Waals surface area (Å²) < 4.78 is 4.64. The van der Waals surface area contributed by atoms with Crippen LogP contribution in [0.2, 0.25) is 0 Å². The number of aliphatic carboxylic acids is 1. The number of esters is 1. The highest BCUT2D eigenvalue weighted by Gasteiger charge is 2.23. The Labute approximate surface area is 122 Å². The smallest absolute Gasteiger partial charge is 0.328 e. The Morgan fingerprint density at radius 1 is 1.19 bits per heavy atom. The van der Waals surface area contributed by atoms with Crippen LogP contribution in [0, 0.1) is 0 Å². The number of rotatable bonds is 6. The number of carboxylic acids is 1. The van der Waals surface area contributed by atoms with E-state index in [2.05, 4.69) is 15.4 Å². The van der Waals surface area contributed by atoms with Crippen molar-refractivity contribution in [2.45, 2.75) is 25.4 Å². The molecule has 114 valence electrons. The fourth-order valence-electron chi connectivity index (χ4n) is 1.64. The summed E-state index contributed by atoms with van der Waals surface area (Å²) in [6, 6.07) is 6.41. The lowest BCUT2D eigenvalue weighted by Gasteiger charge is -2.18. The number of methoxy groups -OCH3 is 1. The van der Waals surface area contributed by atoms with Crippen molar-refractivity contribution in [2.75, 3.05) is 7.11 Å². The monoisotopic (exact) mass is 294 g/mol. The van der Waals surface area contributed by atoms with Crippen LogP contribution in [0.4, 0.5) is 4.79 Å². The summed E-state index contributed by atoms with van der Waals surface area (Å²) in [5.41, 5.74) is 0.847. The van der Waals surface area contributed by atoms with E-state index in [4.69, 9.17) is 5.11 Å². The van der Waals surface area contributed by atoms with E-state index >= 15 is 0 Å². The zero-order valence-corrected chi connectivity index (χ0v) is 11.8. The van der Waals surface area contributed by atoms with Gasteiger partial charge in [0.25, 0.3) is 0 Å². The third kappa shape index (κ3) is 5.52. The van der Waals surface area contributed by atoms with Crippen molar-refractivity contribution in [2.24, 2.45) is 0 Å². The second-order valence-corrected chi connectivity index (χ2v) is 4.44. The largest absolute Gasteiger partial charge is 0.480 e. The van der Waals surface area contributed by atoms with Crippen molar-refractivity contribution >= 4 is 18.0 Å². The first kappa shape index (κ1) is 16.5. The summed E-state index contributed by atoms with van der Waals surface area (Å²) in [5, 5.41) is 13.4. The number of amides is 2. The Kier molecular flexibility index (Phi) is 6.19. The van der Waals surface area contributed by atoms with E-state index in [1.807, 2.05) is 30.3 Å². The molecule has 0 heterocycles. The first-order chi connectivity index (χ1) is 9.93. The third-order valence-electron chi connectivity index (χ3n) is 2.79. The molecule has 0 bridgehead atoms. The van der Waals surface area contributed by atoms with Gasteiger partial charge in [-0.1, -0.05) is 30.3 Å². The van der Waals surface area contributed by atoms with Crippen LogP contribution in [0.3, 0.4) is 0 Å². The van der Waals surface area contributed by atoms with Crippen molar-refractivity contribution < 1.29 is 24.2 Å². The van der Waals surface area contributed by atoms with E-state index in [-0.39, 0.29) is 6.42 Å². The molecular weight excluding hydrogens is 276 g/mol. The van der Waals surface area contributed by atoms with Crippen LogP contribution < -0.4 is 10.6 Å². The highest BCUT2D eigenvalue weighted by atomic mass is 16.5. The number of carbonyl (C=O) groups is 3. The van der Waals surface area contributed by atoms with E-state index in [0.717, 1.165) is 5.56 Å². The molecule has 2 amide bonds. The number of hydrogen-bond donors (Lipinski definition) is 3. The van der Waals surface area contributed by atoms with Crippen LogP contribution in [0.15, 0.2) is 30.3 Å². The van der Waals surface area contributed by atoms with Crippen LogP contribution in [-0.2, 0) is 20.7 Å². The average molecular weight is 294 g/mol. The lowest BCUT2D eigenvalue weighted by atomic mass is 10.1. The molecule has 0 saturated carbocycles. The molecule has 0 radical (unpaired) electrons. The summed E-state index contributed by atoms with van der Waals surface area (Å²) >= 11 is 0. The molecule has 21 heavy (non-hydrogen) atoms. The minimum absolute atomic E-state index is 0.252. The Bertz CT molecular complexity index is 503. The van der Waals surface area contributed by atoms with Crippen LogP contribution in [-0.4, -0.2) is 42.3 Å². The first-order valence-electron chi connectivity index (χ1n) is 6.35. The highest BCUT2D eigenvalue weighted by Crippen LogP contribution is 2.04. The van der Waals surface area contributed by atoms with Crippen LogP contribution in [0.5, 0.6) is 0 Å². The molecule has 3 N–H and O–H groups in total. The molecule has 0 saturated heterocycles. The third-order valence-corrected chi connectivity index (χ3v) is 2.79. The topological polar surface area (TPSA) is 105 Å². The SMILES string of the molecule is COC(=O)C(Cc1ccccc1)NC(=O)N[C@@H](C)C(=O)O.